The number of hydrogen-bond donors (Lipinski definition) is 1. The molecule has 2 aliphatic rings. The van der Waals surface area contributed by atoms with Crippen molar-refractivity contribution in [3.05, 3.63) is 51.9 Å². The van der Waals surface area contributed by atoms with Gasteiger partial charge in [0.15, 0.2) is 0 Å². The summed E-state index contributed by atoms with van der Waals surface area (Å²) in [5.41, 5.74) is 1.28. The molecule has 32 heavy (non-hydrogen) atoms. The lowest BCUT2D eigenvalue weighted by Crippen LogP contribution is -2.42. The van der Waals surface area contributed by atoms with Crippen molar-refractivity contribution in [3.8, 4) is 0 Å². The zero-order chi connectivity index (χ0) is 22.7. The summed E-state index contributed by atoms with van der Waals surface area (Å²) >= 11 is 7.21. The third-order valence-corrected chi connectivity index (χ3v) is 9.73. The fourth-order valence-corrected chi connectivity index (χ4v) is 7.10. The van der Waals surface area contributed by atoms with Crippen molar-refractivity contribution >= 4 is 44.8 Å². The highest BCUT2D eigenvalue weighted by Crippen LogP contribution is 2.29. The van der Waals surface area contributed by atoms with Crippen molar-refractivity contribution in [3.63, 3.8) is 0 Å². The van der Waals surface area contributed by atoms with Crippen LogP contribution in [-0.4, -0.2) is 55.6 Å². The summed E-state index contributed by atoms with van der Waals surface area (Å²) in [6, 6.07) is 8.83. The molecule has 0 radical (unpaired) electrons. The summed E-state index contributed by atoms with van der Waals surface area (Å²) < 4.78 is 27.7. The number of halogens is 1. The van der Waals surface area contributed by atoms with E-state index in [4.69, 9.17) is 11.6 Å². The highest BCUT2D eigenvalue weighted by atomic mass is 35.5. The summed E-state index contributed by atoms with van der Waals surface area (Å²) in [6.45, 7) is 2.35. The topological polar surface area (TPSA) is 86.8 Å². The molecule has 1 N–H and O–H groups in total. The van der Waals surface area contributed by atoms with Gasteiger partial charge in [0.2, 0.25) is 5.91 Å². The number of nitrogens with zero attached hydrogens (tertiary/aromatic N) is 2. The molecule has 2 aromatic rings. The Bertz CT molecular complexity index is 1090. The highest BCUT2D eigenvalue weighted by molar-refractivity contribution is 7.91. The van der Waals surface area contributed by atoms with Gasteiger partial charge in [-0.1, -0.05) is 29.8 Å². The Morgan fingerprint density at radius 3 is 2.47 bits per heavy atom. The fraction of sp³-hybridized carbons (Fsp3) is 0.455. The number of amides is 2. The smallest absolute Gasteiger partial charge is 0.254 e. The molecule has 2 amide bonds. The number of benzene rings is 1. The Morgan fingerprint density at radius 2 is 1.78 bits per heavy atom. The number of rotatable bonds is 6. The van der Waals surface area contributed by atoms with Gasteiger partial charge in [0.25, 0.3) is 15.9 Å². The molecule has 0 spiro atoms. The van der Waals surface area contributed by atoms with Gasteiger partial charge >= 0.3 is 0 Å². The molecule has 3 heterocycles. The predicted octanol–water partition coefficient (Wildman–Crippen LogP) is 3.35. The van der Waals surface area contributed by atoms with Crippen LogP contribution in [-0.2, 0) is 21.4 Å². The number of nitrogens with one attached hydrogen (secondary N) is 1. The second-order valence-corrected chi connectivity index (χ2v) is 11.6. The second-order valence-electron chi connectivity index (χ2n) is 8.14. The first-order valence-corrected chi connectivity index (χ1v) is 13.4. The van der Waals surface area contributed by atoms with E-state index in [1.807, 2.05) is 18.2 Å². The first-order chi connectivity index (χ1) is 15.4. The van der Waals surface area contributed by atoms with E-state index in [-0.39, 0.29) is 35.0 Å². The van der Waals surface area contributed by atoms with E-state index in [0.717, 1.165) is 42.8 Å². The molecule has 0 bridgehead atoms. The van der Waals surface area contributed by atoms with Crippen LogP contribution in [0.3, 0.4) is 0 Å². The lowest BCUT2D eigenvalue weighted by molar-refractivity contribution is -0.126. The summed E-state index contributed by atoms with van der Waals surface area (Å²) in [5, 5.41) is 5.14. The molecule has 10 heteroatoms. The van der Waals surface area contributed by atoms with E-state index < -0.39 is 10.0 Å². The van der Waals surface area contributed by atoms with Crippen LogP contribution in [0.1, 0.15) is 41.6 Å². The maximum absolute atomic E-state index is 13.1. The van der Waals surface area contributed by atoms with Gasteiger partial charge < -0.3 is 10.2 Å². The van der Waals surface area contributed by atoms with Crippen molar-refractivity contribution in [1.29, 1.82) is 0 Å². The zero-order valence-electron chi connectivity index (χ0n) is 17.6. The molecule has 0 unspecified atom stereocenters. The van der Waals surface area contributed by atoms with Crippen LogP contribution in [0.15, 0.2) is 39.9 Å². The van der Waals surface area contributed by atoms with E-state index in [1.165, 1.54) is 10.4 Å². The molecule has 0 aliphatic carbocycles. The summed E-state index contributed by atoms with van der Waals surface area (Å²) in [5.74, 6) is -0.426. The largest absolute Gasteiger partial charge is 0.352 e. The van der Waals surface area contributed by atoms with E-state index in [2.05, 4.69) is 5.32 Å². The van der Waals surface area contributed by atoms with Crippen LogP contribution >= 0.6 is 22.9 Å². The first-order valence-electron chi connectivity index (χ1n) is 10.8. The van der Waals surface area contributed by atoms with Gasteiger partial charge in [-0.15, -0.1) is 11.3 Å². The summed E-state index contributed by atoms with van der Waals surface area (Å²) in [4.78, 5) is 26.9. The first kappa shape index (κ1) is 23.2. The molecule has 4 rings (SSSR count). The Kier molecular flexibility index (Phi) is 7.19. The van der Waals surface area contributed by atoms with Crippen LogP contribution in [0, 0.1) is 5.92 Å². The van der Waals surface area contributed by atoms with Crippen LogP contribution in [0.2, 0.25) is 5.02 Å². The Morgan fingerprint density at radius 1 is 1.09 bits per heavy atom. The van der Waals surface area contributed by atoms with Crippen molar-refractivity contribution < 1.29 is 18.0 Å². The number of thiophene rings is 1. The quantitative estimate of drug-likeness (QED) is 0.665. The lowest BCUT2D eigenvalue weighted by Gasteiger charge is -2.30. The molecule has 1 aromatic heterocycles. The SMILES string of the molecule is O=C(NCc1ccccc1Cl)C1CCN(S(=O)(=O)c2cc(C(=O)N3CCCC3)cs2)CC1. The normalized spacial score (nSPS) is 18.1. The maximum Gasteiger partial charge on any atom is 0.254 e. The minimum Gasteiger partial charge on any atom is -0.352 e. The van der Waals surface area contributed by atoms with Gasteiger partial charge in [-0.25, -0.2) is 8.42 Å². The number of hydrogen-bond acceptors (Lipinski definition) is 5. The average molecular weight is 496 g/mol. The molecular weight excluding hydrogens is 470 g/mol. The standard InChI is InChI=1S/C22H26ClN3O4S2/c23-19-6-2-1-5-17(19)14-24-21(27)16-7-11-26(12-8-16)32(29,30)20-13-18(15-31-20)22(28)25-9-3-4-10-25/h1-2,5-6,13,15-16H,3-4,7-12,14H2,(H,24,27). The van der Waals surface area contributed by atoms with Crippen molar-refractivity contribution in [1.82, 2.24) is 14.5 Å². The minimum atomic E-state index is -3.68. The molecule has 2 saturated heterocycles. The molecular formula is C22H26ClN3O4S2. The summed E-state index contributed by atoms with van der Waals surface area (Å²) in [6.07, 6.45) is 2.89. The minimum absolute atomic E-state index is 0.0865. The van der Waals surface area contributed by atoms with Gasteiger partial charge in [-0.05, 0) is 43.4 Å². The van der Waals surface area contributed by atoms with Gasteiger partial charge in [0.05, 0.1) is 5.56 Å². The van der Waals surface area contributed by atoms with Crippen LogP contribution in [0.4, 0.5) is 0 Å². The zero-order valence-corrected chi connectivity index (χ0v) is 20.0. The van der Waals surface area contributed by atoms with E-state index >= 15 is 0 Å². The average Bonchev–Trinajstić information content (AvgIpc) is 3.51. The molecule has 2 aliphatic heterocycles. The number of sulfonamides is 1. The van der Waals surface area contributed by atoms with Crippen molar-refractivity contribution in [2.75, 3.05) is 26.2 Å². The third kappa shape index (κ3) is 5.01. The van der Waals surface area contributed by atoms with E-state index in [9.17, 15) is 18.0 Å². The predicted molar refractivity (Wildman–Crippen MR) is 124 cm³/mol. The molecule has 172 valence electrons. The van der Waals surface area contributed by atoms with Crippen molar-refractivity contribution in [2.24, 2.45) is 5.92 Å². The molecule has 0 atom stereocenters. The fourth-order valence-electron chi connectivity index (χ4n) is 4.12. The molecule has 7 nitrogen and oxygen atoms in total. The number of likely N-dealkylation sites (tertiary alicyclic amines) is 1. The van der Waals surface area contributed by atoms with Crippen LogP contribution in [0.25, 0.3) is 0 Å². The van der Waals surface area contributed by atoms with Crippen LogP contribution in [0.5, 0.6) is 0 Å². The molecule has 2 fully saturated rings. The van der Waals surface area contributed by atoms with Gasteiger partial charge in [0, 0.05) is 49.0 Å². The van der Waals surface area contributed by atoms with Gasteiger partial charge in [-0.3, -0.25) is 9.59 Å². The van der Waals surface area contributed by atoms with Crippen LogP contribution < -0.4 is 5.32 Å². The number of piperidine rings is 1. The molecule has 1 aromatic carbocycles. The van der Waals surface area contributed by atoms with E-state index in [0.29, 0.717) is 30.0 Å². The second kappa shape index (κ2) is 9.91. The Hall–Kier alpha value is -1.94. The lowest BCUT2D eigenvalue weighted by atomic mass is 9.97. The summed E-state index contributed by atoms with van der Waals surface area (Å²) in [7, 11) is -3.68. The Labute approximate surface area is 197 Å². The van der Waals surface area contributed by atoms with E-state index in [1.54, 1.807) is 16.3 Å². The van der Waals surface area contributed by atoms with Crippen molar-refractivity contribution in [2.45, 2.75) is 36.4 Å². The number of carbonyl (C=O) groups is 2. The van der Waals surface area contributed by atoms with Gasteiger partial charge in [-0.2, -0.15) is 4.31 Å². The third-order valence-electron chi connectivity index (χ3n) is 6.05. The van der Waals surface area contributed by atoms with Gasteiger partial charge in [0.1, 0.15) is 4.21 Å². The number of carbonyl (C=O) groups excluding carboxylic acids is 2. The highest BCUT2D eigenvalue weighted by Gasteiger charge is 2.33. The Balaban J connectivity index is 1.32. The monoisotopic (exact) mass is 495 g/mol. The maximum atomic E-state index is 13.1. The molecule has 0 saturated carbocycles.